The first-order chi connectivity index (χ1) is 9.83. The fourth-order valence-electron chi connectivity index (χ4n) is 2.77. The van der Waals surface area contributed by atoms with E-state index in [0.717, 1.165) is 17.7 Å². The van der Waals surface area contributed by atoms with E-state index in [9.17, 15) is 0 Å². The second kappa shape index (κ2) is 4.23. The zero-order valence-electron chi connectivity index (χ0n) is 11.3. The molecule has 0 amide bonds. The smallest absolute Gasteiger partial charge is 0.116 e. The van der Waals surface area contributed by atoms with Crippen molar-refractivity contribution in [2.24, 2.45) is 0 Å². The molecule has 1 aliphatic rings. The summed E-state index contributed by atoms with van der Waals surface area (Å²) in [5, 5.41) is 8.47. The highest BCUT2D eigenvalue weighted by Gasteiger charge is 2.23. The van der Waals surface area contributed by atoms with E-state index in [1.807, 2.05) is 22.9 Å². The summed E-state index contributed by atoms with van der Waals surface area (Å²) in [6.45, 7) is 1.58. The molecule has 0 saturated heterocycles. The highest BCUT2D eigenvalue weighted by Crippen LogP contribution is 2.34. The van der Waals surface area contributed by atoms with Gasteiger partial charge in [0.25, 0.3) is 0 Å². The summed E-state index contributed by atoms with van der Waals surface area (Å²) in [5.41, 5.74) is 4.51. The quantitative estimate of drug-likeness (QED) is 0.712. The highest BCUT2D eigenvalue weighted by atomic mass is 15.5. The predicted octanol–water partition coefficient (Wildman–Crippen LogP) is 2.30. The Labute approximate surface area is 117 Å². The molecule has 2 aromatic carbocycles. The predicted molar refractivity (Wildman–Crippen MR) is 79.7 cm³/mol. The van der Waals surface area contributed by atoms with Crippen LogP contribution in [0.25, 0.3) is 11.0 Å². The molecule has 20 heavy (non-hydrogen) atoms. The molecule has 1 aliphatic heterocycles. The van der Waals surface area contributed by atoms with Crippen LogP contribution in [0, 0.1) is 0 Å². The monoisotopic (exact) mass is 265 g/mol. The van der Waals surface area contributed by atoms with E-state index in [0.29, 0.717) is 6.67 Å². The zero-order valence-corrected chi connectivity index (χ0v) is 11.3. The van der Waals surface area contributed by atoms with Gasteiger partial charge in [-0.2, -0.15) is 0 Å². The molecule has 3 aromatic rings. The van der Waals surface area contributed by atoms with Crippen molar-refractivity contribution in [3.8, 4) is 0 Å². The van der Waals surface area contributed by atoms with Crippen molar-refractivity contribution in [1.82, 2.24) is 15.0 Å². The molecule has 0 fully saturated rings. The molecule has 0 unspecified atom stereocenters. The van der Waals surface area contributed by atoms with Crippen LogP contribution in [0.15, 0.2) is 48.5 Å². The topological polar surface area (TPSA) is 37.2 Å². The first kappa shape index (κ1) is 11.3. The van der Waals surface area contributed by atoms with Crippen LogP contribution in [0.1, 0.15) is 0 Å². The van der Waals surface area contributed by atoms with Crippen molar-refractivity contribution >= 4 is 22.4 Å². The van der Waals surface area contributed by atoms with Crippen molar-refractivity contribution in [2.45, 2.75) is 6.67 Å². The lowest BCUT2D eigenvalue weighted by Gasteiger charge is -2.19. The SMILES string of the molecule is CN1CN(Cn2nnc3ccccc32)c2ccccc21. The van der Waals surface area contributed by atoms with Gasteiger partial charge in [-0.3, -0.25) is 0 Å². The second-order valence-electron chi connectivity index (χ2n) is 5.09. The Morgan fingerprint density at radius 2 is 1.75 bits per heavy atom. The molecule has 0 bridgehead atoms. The molecule has 0 aliphatic carbocycles. The minimum Gasteiger partial charge on any atom is -0.355 e. The molecule has 100 valence electrons. The van der Waals surface area contributed by atoms with Gasteiger partial charge in [0, 0.05) is 7.05 Å². The maximum Gasteiger partial charge on any atom is 0.116 e. The van der Waals surface area contributed by atoms with Crippen molar-refractivity contribution in [1.29, 1.82) is 0 Å². The molecule has 0 spiro atoms. The van der Waals surface area contributed by atoms with E-state index in [1.165, 1.54) is 11.4 Å². The van der Waals surface area contributed by atoms with Gasteiger partial charge < -0.3 is 9.80 Å². The van der Waals surface area contributed by atoms with Crippen LogP contribution >= 0.6 is 0 Å². The van der Waals surface area contributed by atoms with E-state index in [2.05, 4.69) is 57.5 Å². The molecule has 0 N–H and O–H groups in total. The lowest BCUT2D eigenvalue weighted by molar-refractivity contribution is 0.582. The maximum atomic E-state index is 4.26. The molecule has 0 atom stereocenters. The number of hydrogen-bond donors (Lipinski definition) is 0. The van der Waals surface area contributed by atoms with Crippen molar-refractivity contribution < 1.29 is 0 Å². The third-order valence-corrected chi connectivity index (χ3v) is 3.74. The fraction of sp³-hybridized carbons (Fsp3) is 0.200. The van der Waals surface area contributed by atoms with Gasteiger partial charge in [-0.25, -0.2) is 4.68 Å². The van der Waals surface area contributed by atoms with Crippen LogP contribution in [0.5, 0.6) is 0 Å². The summed E-state index contributed by atoms with van der Waals surface area (Å²) in [6, 6.07) is 16.5. The second-order valence-corrected chi connectivity index (χ2v) is 5.09. The van der Waals surface area contributed by atoms with Gasteiger partial charge >= 0.3 is 0 Å². The molecular formula is C15H15N5. The number of aromatic nitrogens is 3. The van der Waals surface area contributed by atoms with Crippen molar-refractivity contribution in [3.63, 3.8) is 0 Å². The Morgan fingerprint density at radius 1 is 1.00 bits per heavy atom. The Morgan fingerprint density at radius 3 is 2.65 bits per heavy atom. The van der Waals surface area contributed by atoms with Crippen LogP contribution < -0.4 is 9.80 Å². The maximum absolute atomic E-state index is 4.26. The van der Waals surface area contributed by atoms with Crippen molar-refractivity contribution in [3.05, 3.63) is 48.5 Å². The summed E-state index contributed by atoms with van der Waals surface area (Å²) >= 11 is 0. The summed E-state index contributed by atoms with van der Waals surface area (Å²) < 4.78 is 1.95. The average molecular weight is 265 g/mol. The van der Waals surface area contributed by atoms with E-state index in [-0.39, 0.29) is 0 Å². The number of hydrogen-bond acceptors (Lipinski definition) is 4. The molecule has 0 saturated carbocycles. The zero-order chi connectivity index (χ0) is 13.5. The number of fused-ring (bicyclic) bond motifs is 2. The summed E-state index contributed by atoms with van der Waals surface area (Å²) in [7, 11) is 2.11. The molecular weight excluding hydrogens is 250 g/mol. The molecule has 4 rings (SSSR count). The lowest BCUT2D eigenvalue weighted by Crippen LogP contribution is -2.30. The Bertz CT molecular complexity index is 764. The molecule has 1 aromatic heterocycles. The van der Waals surface area contributed by atoms with Gasteiger partial charge in [-0.05, 0) is 24.3 Å². The van der Waals surface area contributed by atoms with Gasteiger partial charge in [-0.1, -0.05) is 29.5 Å². The third kappa shape index (κ3) is 1.63. The molecule has 0 radical (unpaired) electrons. The Hall–Kier alpha value is -2.56. The van der Waals surface area contributed by atoms with Gasteiger partial charge in [0.15, 0.2) is 0 Å². The average Bonchev–Trinajstić information content (AvgIpc) is 3.03. The van der Waals surface area contributed by atoms with E-state index in [4.69, 9.17) is 0 Å². The van der Waals surface area contributed by atoms with Gasteiger partial charge in [0.1, 0.15) is 12.2 Å². The Balaban J connectivity index is 1.71. The molecule has 2 heterocycles. The van der Waals surface area contributed by atoms with E-state index in [1.54, 1.807) is 0 Å². The minimum absolute atomic E-state index is 0.710. The normalized spacial score (nSPS) is 14.1. The van der Waals surface area contributed by atoms with Gasteiger partial charge in [0.2, 0.25) is 0 Å². The fourth-order valence-corrected chi connectivity index (χ4v) is 2.77. The first-order valence-corrected chi connectivity index (χ1v) is 6.66. The van der Waals surface area contributed by atoms with E-state index >= 15 is 0 Å². The van der Waals surface area contributed by atoms with Gasteiger partial charge in [-0.15, -0.1) is 5.10 Å². The van der Waals surface area contributed by atoms with Crippen LogP contribution in [0.4, 0.5) is 11.4 Å². The van der Waals surface area contributed by atoms with Crippen LogP contribution in [-0.4, -0.2) is 28.7 Å². The van der Waals surface area contributed by atoms with E-state index < -0.39 is 0 Å². The number of anilines is 2. The number of para-hydroxylation sites is 3. The molecule has 5 nitrogen and oxygen atoms in total. The molecule has 5 heteroatoms. The standard InChI is InChI=1S/C15H15N5/c1-18-10-19(15-9-5-4-8-14(15)18)11-20-13-7-3-2-6-12(13)16-17-20/h2-9H,10-11H2,1H3. The lowest BCUT2D eigenvalue weighted by atomic mass is 10.2. The summed E-state index contributed by atoms with van der Waals surface area (Å²) in [6.07, 6.45) is 0. The number of rotatable bonds is 2. The van der Waals surface area contributed by atoms with Gasteiger partial charge in [0.05, 0.1) is 23.6 Å². The summed E-state index contributed by atoms with van der Waals surface area (Å²) in [4.78, 5) is 4.55. The van der Waals surface area contributed by atoms with Crippen LogP contribution in [-0.2, 0) is 6.67 Å². The van der Waals surface area contributed by atoms with Crippen LogP contribution in [0.2, 0.25) is 0 Å². The highest BCUT2D eigenvalue weighted by molar-refractivity contribution is 5.76. The summed E-state index contributed by atoms with van der Waals surface area (Å²) in [5.74, 6) is 0. The third-order valence-electron chi connectivity index (χ3n) is 3.74. The van der Waals surface area contributed by atoms with Crippen LogP contribution in [0.3, 0.4) is 0 Å². The number of benzene rings is 2. The minimum atomic E-state index is 0.710. The Kier molecular flexibility index (Phi) is 2.39. The van der Waals surface area contributed by atoms with Crippen molar-refractivity contribution in [2.75, 3.05) is 23.5 Å². The first-order valence-electron chi connectivity index (χ1n) is 6.66. The largest absolute Gasteiger partial charge is 0.355 e. The number of nitrogens with zero attached hydrogens (tertiary/aromatic N) is 5.